The summed E-state index contributed by atoms with van der Waals surface area (Å²) in [4.78, 5) is 8.08. The van der Waals surface area contributed by atoms with Gasteiger partial charge in [0.15, 0.2) is 0 Å². The van der Waals surface area contributed by atoms with E-state index in [1.165, 1.54) is 0 Å². The van der Waals surface area contributed by atoms with Gasteiger partial charge in [-0.2, -0.15) is 0 Å². The highest BCUT2D eigenvalue weighted by atomic mass is 15.1. The van der Waals surface area contributed by atoms with Crippen LogP contribution in [-0.4, -0.2) is 4.98 Å². The molecular formula is C8H7N3. The minimum absolute atomic E-state index is 0.714. The highest BCUT2D eigenvalue weighted by molar-refractivity contribution is 4.94. The molecule has 11 heavy (non-hydrogen) atoms. The highest BCUT2D eigenvalue weighted by Gasteiger charge is 1.92. The van der Waals surface area contributed by atoms with E-state index in [4.69, 9.17) is 0 Å². The van der Waals surface area contributed by atoms with Gasteiger partial charge in [-0.15, -0.1) is 0 Å². The molecule has 0 aliphatic rings. The molecular weight excluding hydrogens is 138 g/mol. The number of imidazole rings is 1. The zero-order valence-corrected chi connectivity index (χ0v) is 5.88. The normalized spacial score (nSPS) is 9.82. The summed E-state index contributed by atoms with van der Waals surface area (Å²) in [6.45, 7) is 0. The molecule has 0 bridgehead atoms. The largest absolute Gasteiger partial charge is 0.293 e. The quantitative estimate of drug-likeness (QED) is 0.541. The molecule has 0 fully saturated rings. The lowest BCUT2D eigenvalue weighted by molar-refractivity contribution is -0.603. The second-order valence-electron chi connectivity index (χ2n) is 2.14. The smallest absolute Gasteiger partial charge is 0.233 e. The Labute approximate surface area is 64.3 Å². The van der Waals surface area contributed by atoms with E-state index in [9.17, 15) is 0 Å². The van der Waals surface area contributed by atoms with Gasteiger partial charge in [0.05, 0.1) is 0 Å². The van der Waals surface area contributed by atoms with Crippen LogP contribution in [0.15, 0.2) is 43.0 Å². The molecule has 0 saturated carbocycles. The van der Waals surface area contributed by atoms with Crippen LogP contribution in [-0.2, 0) is 0 Å². The number of hydrogen-bond donors (Lipinski definition) is 0. The molecule has 0 aliphatic heterocycles. The molecule has 0 saturated heterocycles. The molecule has 0 atom stereocenters. The second kappa shape index (κ2) is 2.54. The van der Waals surface area contributed by atoms with Crippen molar-refractivity contribution in [2.75, 3.05) is 0 Å². The van der Waals surface area contributed by atoms with Gasteiger partial charge in [0.1, 0.15) is 0 Å². The summed E-state index contributed by atoms with van der Waals surface area (Å²) in [7, 11) is 0. The van der Waals surface area contributed by atoms with Crippen molar-refractivity contribution in [1.82, 2.24) is 9.97 Å². The topological polar surface area (TPSA) is 30.9 Å². The predicted octanol–water partition coefficient (Wildman–Crippen LogP) is 0.316. The molecule has 0 aliphatic carbocycles. The zero-order valence-electron chi connectivity index (χ0n) is 5.88. The average Bonchev–Trinajstić information content (AvgIpc) is 2.58. The Balaban J connectivity index is 2.46. The van der Waals surface area contributed by atoms with Crippen LogP contribution in [0.1, 0.15) is 0 Å². The van der Waals surface area contributed by atoms with Crippen LogP contribution in [0.3, 0.4) is 0 Å². The minimum atomic E-state index is 0.714. The lowest BCUT2D eigenvalue weighted by Crippen LogP contribution is -2.31. The highest BCUT2D eigenvalue weighted by Crippen LogP contribution is 1.85. The van der Waals surface area contributed by atoms with E-state index in [0.717, 1.165) is 0 Å². The lowest BCUT2D eigenvalue weighted by atomic mass is 10.5. The Hall–Kier alpha value is -1.64. The molecule has 0 N–H and O–H groups in total. The average molecular weight is 145 g/mol. The Morgan fingerprint density at radius 3 is 2.64 bits per heavy atom. The first-order valence-corrected chi connectivity index (χ1v) is 3.37. The second-order valence-corrected chi connectivity index (χ2v) is 2.14. The van der Waals surface area contributed by atoms with Crippen molar-refractivity contribution in [1.29, 1.82) is 0 Å². The molecule has 2 aromatic rings. The molecule has 0 unspecified atom stereocenters. The molecule has 54 valence electrons. The van der Waals surface area contributed by atoms with E-state index < -0.39 is 0 Å². The van der Waals surface area contributed by atoms with Crippen molar-refractivity contribution in [2.24, 2.45) is 0 Å². The summed E-state index contributed by atoms with van der Waals surface area (Å²) in [5.74, 6) is 0.714. The van der Waals surface area contributed by atoms with Crippen LogP contribution in [0.25, 0.3) is 5.95 Å². The van der Waals surface area contributed by atoms with Crippen molar-refractivity contribution in [2.45, 2.75) is 0 Å². The van der Waals surface area contributed by atoms with Gasteiger partial charge >= 0.3 is 0 Å². The van der Waals surface area contributed by atoms with Crippen molar-refractivity contribution in [3.05, 3.63) is 43.0 Å². The third kappa shape index (κ3) is 1.12. The van der Waals surface area contributed by atoms with Gasteiger partial charge in [-0.1, -0.05) is 6.07 Å². The third-order valence-electron chi connectivity index (χ3n) is 1.39. The predicted molar refractivity (Wildman–Crippen MR) is 39.1 cm³/mol. The SMILES string of the molecule is c1cc[n+](-c2ncc[n-]2)cc1. The Morgan fingerprint density at radius 2 is 2.00 bits per heavy atom. The van der Waals surface area contributed by atoms with Crippen molar-refractivity contribution >= 4 is 0 Å². The molecule has 0 spiro atoms. The monoisotopic (exact) mass is 145 g/mol. The van der Waals surface area contributed by atoms with Crippen LogP contribution in [0.2, 0.25) is 0 Å². The Kier molecular flexibility index (Phi) is 1.41. The van der Waals surface area contributed by atoms with Crippen molar-refractivity contribution in [3.8, 4) is 5.95 Å². The maximum Gasteiger partial charge on any atom is 0.233 e. The fourth-order valence-electron chi connectivity index (χ4n) is 0.899. The van der Waals surface area contributed by atoms with Gasteiger partial charge in [0, 0.05) is 24.8 Å². The standard InChI is InChI=1S/C8H7N3/c1-2-6-11(7-3-1)8-9-4-5-10-8/h1-7H. The lowest BCUT2D eigenvalue weighted by Gasteiger charge is -1.97. The van der Waals surface area contributed by atoms with E-state index in [2.05, 4.69) is 9.97 Å². The molecule has 0 amide bonds. The first kappa shape index (κ1) is 6.09. The van der Waals surface area contributed by atoms with Crippen LogP contribution in [0.4, 0.5) is 0 Å². The maximum absolute atomic E-state index is 4.04. The number of pyridine rings is 1. The number of rotatable bonds is 1. The van der Waals surface area contributed by atoms with Gasteiger partial charge in [-0.25, -0.2) is 9.97 Å². The van der Waals surface area contributed by atoms with E-state index in [1.807, 2.05) is 35.2 Å². The maximum atomic E-state index is 4.04. The fraction of sp³-hybridized carbons (Fsp3) is 0. The number of aromatic nitrogens is 3. The van der Waals surface area contributed by atoms with Gasteiger partial charge in [0.2, 0.25) is 5.95 Å². The van der Waals surface area contributed by atoms with Gasteiger partial charge in [-0.05, 0) is 12.1 Å². The molecule has 0 radical (unpaired) electrons. The fourth-order valence-corrected chi connectivity index (χ4v) is 0.899. The molecule has 2 aromatic heterocycles. The van der Waals surface area contributed by atoms with Crippen LogP contribution in [0.5, 0.6) is 0 Å². The minimum Gasteiger partial charge on any atom is -0.293 e. The summed E-state index contributed by atoms with van der Waals surface area (Å²) >= 11 is 0. The molecule has 2 rings (SSSR count). The summed E-state index contributed by atoms with van der Waals surface area (Å²) in [6, 6.07) is 5.84. The summed E-state index contributed by atoms with van der Waals surface area (Å²) in [5, 5.41) is 0. The van der Waals surface area contributed by atoms with E-state index >= 15 is 0 Å². The van der Waals surface area contributed by atoms with E-state index in [1.54, 1.807) is 12.4 Å². The third-order valence-corrected chi connectivity index (χ3v) is 1.39. The summed E-state index contributed by atoms with van der Waals surface area (Å²) < 4.78 is 1.86. The molecule has 3 nitrogen and oxygen atoms in total. The van der Waals surface area contributed by atoms with Gasteiger partial charge in [-0.3, -0.25) is 4.57 Å². The molecule has 0 aromatic carbocycles. The van der Waals surface area contributed by atoms with Crippen LogP contribution in [0, 0.1) is 0 Å². The summed E-state index contributed by atoms with van der Waals surface area (Å²) in [6.07, 6.45) is 7.18. The zero-order chi connectivity index (χ0) is 7.52. The number of hydrogen-bond acceptors (Lipinski definition) is 1. The molecule has 3 heteroatoms. The first-order chi connectivity index (χ1) is 5.47. The first-order valence-electron chi connectivity index (χ1n) is 3.37. The molecule has 2 heterocycles. The van der Waals surface area contributed by atoms with Crippen molar-refractivity contribution < 1.29 is 4.57 Å². The van der Waals surface area contributed by atoms with Crippen molar-refractivity contribution in [3.63, 3.8) is 0 Å². The van der Waals surface area contributed by atoms with E-state index in [0.29, 0.717) is 5.95 Å². The Morgan fingerprint density at radius 1 is 1.18 bits per heavy atom. The van der Waals surface area contributed by atoms with Gasteiger partial charge < -0.3 is 0 Å². The van der Waals surface area contributed by atoms with E-state index in [-0.39, 0.29) is 0 Å². The number of nitrogens with zero attached hydrogens (tertiary/aromatic N) is 3. The van der Waals surface area contributed by atoms with Crippen LogP contribution >= 0.6 is 0 Å². The van der Waals surface area contributed by atoms with Crippen LogP contribution < -0.4 is 9.55 Å². The Bertz CT molecular complexity index is 312. The summed E-state index contributed by atoms with van der Waals surface area (Å²) in [5.41, 5.74) is 0. The van der Waals surface area contributed by atoms with Gasteiger partial charge in [0.25, 0.3) is 0 Å².